The van der Waals surface area contributed by atoms with Crippen molar-refractivity contribution in [3.05, 3.63) is 59.9 Å². The fraction of sp³-hybridized carbons (Fsp3) is 0.364. The Kier molecular flexibility index (Phi) is 5.30. The molecule has 3 aromatic rings. The number of hydrogen-bond donors (Lipinski definition) is 3. The molecular formula is C22H25N3O3. The van der Waals surface area contributed by atoms with Crippen LogP contribution < -0.4 is 10.1 Å². The summed E-state index contributed by atoms with van der Waals surface area (Å²) < 4.78 is 5.12. The van der Waals surface area contributed by atoms with E-state index in [2.05, 4.69) is 21.4 Å². The molecular weight excluding hydrogens is 354 g/mol. The number of fused-ring (bicyclic) bond motifs is 1. The van der Waals surface area contributed by atoms with Gasteiger partial charge in [0.1, 0.15) is 0 Å². The van der Waals surface area contributed by atoms with E-state index in [4.69, 9.17) is 4.74 Å². The van der Waals surface area contributed by atoms with Crippen molar-refractivity contribution < 1.29 is 14.6 Å². The van der Waals surface area contributed by atoms with Gasteiger partial charge in [0, 0.05) is 35.8 Å². The number of nitrogens with zero attached hydrogens (tertiary/aromatic N) is 1. The number of benzene rings is 1. The Morgan fingerprint density at radius 1 is 1.32 bits per heavy atom. The molecule has 1 aliphatic rings. The predicted molar refractivity (Wildman–Crippen MR) is 107 cm³/mol. The van der Waals surface area contributed by atoms with Gasteiger partial charge in [-0.25, -0.2) is 4.98 Å². The molecule has 1 amide bonds. The van der Waals surface area contributed by atoms with Crippen LogP contribution in [-0.4, -0.2) is 34.2 Å². The van der Waals surface area contributed by atoms with E-state index in [0.29, 0.717) is 31.6 Å². The summed E-state index contributed by atoms with van der Waals surface area (Å²) in [6, 6.07) is 11.7. The first-order chi connectivity index (χ1) is 13.6. The molecule has 1 fully saturated rings. The summed E-state index contributed by atoms with van der Waals surface area (Å²) in [7, 11) is 1.58. The van der Waals surface area contributed by atoms with Crippen molar-refractivity contribution in [3.8, 4) is 5.88 Å². The van der Waals surface area contributed by atoms with Crippen LogP contribution in [-0.2, 0) is 11.2 Å². The van der Waals surface area contributed by atoms with E-state index in [1.54, 1.807) is 19.4 Å². The van der Waals surface area contributed by atoms with Crippen molar-refractivity contribution in [2.24, 2.45) is 5.92 Å². The van der Waals surface area contributed by atoms with Crippen molar-refractivity contribution in [2.45, 2.75) is 37.8 Å². The van der Waals surface area contributed by atoms with Crippen LogP contribution in [0.1, 0.15) is 36.4 Å². The predicted octanol–water partition coefficient (Wildman–Crippen LogP) is 3.13. The lowest BCUT2D eigenvalue weighted by atomic mass is 9.75. The molecule has 3 N–H and O–H groups in total. The first-order valence-corrected chi connectivity index (χ1v) is 9.66. The Morgan fingerprint density at radius 3 is 2.86 bits per heavy atom. The van der Waals surface area contributed by atoms with E-state index in [9.17, 15) is 9.90 Å². The molecule has 146 valence electrons. The fourth-order valence-corrected chi connectivity index (χ4v) is 3.90. The van der Waals surface area contributed by atoms with Gasteiger partial charge in [-0.3, -0.25) is 4.79 Å². The minimum Gasteiger partial charge on any atom is -0.481 e. The lowest BCUT2D eigenvalue weighted by molar-refractivity contribution is -0.123. The van der Waals surface area contributed by atoms with Gasteiger partial charge in [-0.05, 0) is 42.4 Å². The molecule has 6 heteroatoms. The quantitative estimate of drug-likeness (QED) is 0.589. The lowest BCUT2D eigenvalue weighted by Crippen LogP contribution is -2.41. The minimum atomic E-state index is -0.276. The van der Waals surface area contributed by atoms with Crippen LogP contribution in [0.15, 0.2) is 48.8 Å². The molecule has 28 heavy (non-hydrogen) atoms. The first kappa shape index (κ1) is 18.5. The molecule has 0 saturated heterocycles. The van der Waals surface area contributed by atoms with E-state index in [1.165, 1.54) is 0 Å². The van der Waals surface area contributed by atoms with Gasteiger partial charge in [-0.15, -0.1) is 0 Å². The zero-order chi connectivity index (χ0) is 19.5. The second kappa shape index (κ2) is 8.02. The number of para-hydroxylation sites is 1. The fourth-order valence-electron chi connectivity index (χ4n) is 3.90. The number of pyridine rings is 1. The number of nitrogens with one attached hydrogen (secondary N) is 2. The third-order valence-electron chi connectivity index (χ3n) is 5.56. The standard InChI is InChI=1S/C22H25N3O3/c1-28-21-9-7-15(13-24-21)22(16-10-17(26)11-16)25-20(27)8-6-14-12-23-19-5-3-2-4-18(14)19/h2-5,7,9,12-13,16-17,22-23,26H,6,8,10-11H2,1H3,(H,25,27)/t16?,17?,22-/m1/s1. The average molecular weight is 379 g/mol. The van der Waals surface area contributed by atoms with Crippen molar-refractivity contribution in [3.63, 3.8) is 0 Å². The van der Waals surface area contributed by atoms with Crippen LogP contribution in [0.5, 0.6) is 5.88 Å². The highest BCUT2D eigenvalue weighted by atomic mass is 16.5. The van der Waals surface area contributed by atoms with Gasteiger partial charge >= 0.3 is 0 Å². The van der Waals surface area contributed by atoms with Gasteiger partial charge in [0.25, 0.3) is 0 Å². The van der Waals surface area contributed by atoms with Crippen LogP contribution in [0, 0.1) is 5.92 Å². The summed E-state index contributed by atoms with van der Waals surface area (Å²) in [5.41, 5.74) is 3.18. The highest BCUT2D eigenvalue weighted by Crippen LogP contribution is 2.38. The highest BCUT2D eigenvalue weighted by molar-refractivity contribution is 5.84. The maximum absolute atomic E-state index is 12.7. The van der Waals surface area contributed by atoms with Gasteiger partial charge in [0.15, 0.2) is 0 Å². The number of carbonyl (C=O) groups is 1. The second-order valence-corrected chi connectivity index (χ2v) is 7.42. The summed E-state index contributed by atoms with van der Waals surface area (Å²) in [6.45, 7) is 0. The van der Waals surface area contributed by atoms with Gasteiger partial charge in [-0.1, -0.05) is 24.3 Å². The summed E-state index contributed by atoms with van der Waals surface area (Å²) in [4.78, 5) is 20.2. The molecule has 1 aromatic carbocycles. The third kappa shape index (κ3) is 3.87. The molecule has 0 spiro atoms. The number of carbonyl (C=O) groups excluding carboxylic acids is 1. The van der Waals surface area contributed by atoms with Crippen LogP contribution in [0.2, 0.25) is 0 Å². The monoisotopic (exact) mass is 379 g/mol. The molecule has 1 atom stereocenters. The van der Waals surface area contributed by atoms with Crippen molar-refractivity contribution in [2.75, 3.05) is 7.11 Å². The van der Waals surface area contributed by atoms with Gasteiger partial charge in [0.2, 0.25) is 11.8 Å². The zero-order valence-corrected chi connectivity index (χ0v) is 15.9. The van der Waals surface area contributed by atoms with Gasteiger partial charge < -0.3 is 20.1 Å². The number of aromatic amines is 1. The largest absolute Gasteiger partial charge is 0.481 e. The molecule has 6 nitrogen and oxygen atoms in total. The summed E-state index contributed by atoms with van der Waals surface area (Å²) in [5, 5.41) is 14.0. The number of hydrogen-bond acceptors (Lipinski definition) is 4. The molecule has 0 unspecified atom stereocenters. The van der Waals surface area contributed by atoms with Crippen molar-refractivity contribution in [1.29, 1.82) is 0 Å². The normalized spacial score (nSPS) is 19.8. The number of amides is 1. The first-order valence-electron chi connectivity index (χ1n) is 9.66. The number of H-pyrrole nitrogens is 1. The lowest BCUT2D eigenvalue weighted by Gasteiger charge is -2.38. The summed E-state index contributed by atoms with van der Waals surface area (Å²) >= 11 is 0. The zero-order valence-electron chi connectivity index (χ0n) is 15.9. The Balaban J connectivity index is 1.43. The number of methoxy groups -OCH3 is 1. The molecule has 1 aliphatic carbocycles. The molecule has 1 saturated carbocycles. The van der Waals surface area contributed by atoms with Crippen LogP contribution in [0.3, 0.4) is 0 Å². The minimum absolute atomic E-state index is 0.00693. The van der Waals surface area contributed by atoms with Crippen LogP contribution in [0.25, 0.3) is 10.9 Å². The molecule has 2 aromatic heterocycles. The van der Waals surface area contributed by atoms with Gasteiger partial charge in [-0.2, -0.15) is 0 Å². The van der Waals surface area contributed by atoms with E-state index in [0.717, 1.165) is 22.0 Å². The van der Waals surface area contributed by atoms with E-state index in [1.807, 2.05) is 30.5 Å². The highest BCUT2D eigenvalue weighted by Gasteiger charge is 2.35. The van der Waals surface area contributed by atoms with E-state index < -0.39 is 0 Å². The number of aromatic nitrogens is 2. The van der Waals surface area contributed by atoms with Crippen molar-refractivity contribution in [1.82, 2.24) is 15.3 Å². The summed E-state index contributed by atoms with van der Waals surface area (Å²) in [6.07, 6.45) is 5.92. The van der Waals surface area contributed by atoms with E-state index in [-0.39, 0.29) is 24.0 Å². The topological polar surface area (TPSA) is 87.2 Å². The molecule has 0 bridgehead atoms. The Bertz CT molecular complexity index is 945. The number of aryl methyl sites for hydroxylation is 1. The molecule has 0 radical (unpaired) electrons. The molecule has 4 rings (SSSR count). The number of rotatable bonds is 7. The SMILES string of the molecule is COc1ccc([C@@H](NC(=O)CCc2c[nH]c3ccccc23)C2CC(O)C2)cn1. The second-order valence-electron chi connectivity index (χ2n) is 7.42. The molecule has 0 aliphatic heterocycles. The molecule has 2 heterocycles. The maximum Gasteiger partial charge on any atom is 0.220 e. The number of ether oxygens (including phenoxy) is 1. The maximum atomic E-state index is 12.7. The Morgan fingerprint density at radius 2 is 2.14 bits per heavy atom. The van der Waals surface area contributed by atoms with Gasteiger partial charge in [0.05, 0.1) is 19.3 Å². The smallest absolute Gasteiger partial charge is 0.220 e. The van der Waals surface area contributed by atoms with Crippen molar-refractivity contribution >= 4 is 16.8 Å². The van der Waals surface area contributed by atoms with E-state index >= 15 is 0 Å². The van der Waals surface area contributed by atoms with Crippen LogP contribution >= 0.6 is 0 Å². The number of aliphatic hydroxyl groups excluding tert-OH is 1. The Labute approximate surface area is 163 Å². The third-order valence-corrected chi connectivity index (χ3v) is 5.56. The summed E-state index contributed by atoms with van der Waals surface area (Å²) in [5.74, 6) is 0.775. The van der Waals surface area contributed by atoms with Crippen LogP contribution in [0.4, 0.5) is 0 Å². The average Bonchev–Trinajstić information content (AvgIpc) is 3.12. The Hall–Kier alpha value is -2.86. The number of aliphatic hydroxyl groups is 1.